The van der Waals surface area contributed by atoms with Crippen molar-refractivity contribution in [1.82, 2.24) is 0 Å². The number of amides is 2. The third-order valence-electron chi connectivity index (χ3n) is 2.66. The molecule has 1 saturated heterocycles. The molecule has 1 N–H and O–H groups in total. The smallest absolute Gasteiger partial charge is 0.239 e. The molecule has 5 heteroatoms. The zero-order chi connectivity index (χ0) is 12.3. The van der Waals surface area contributed by atoms with Gasteiger partial charge in [-0.2, -0.15) is 0 Å². The highest BCUT2D eigenvalue weighted by atomic mass is 35.5. The van der Waals surface area contributed by atoms with Crippen LogP contribution >= 0.6 is 11.6 Å². The van der Waals surface area contributed by atoms with E-state index in [4.69, 9.17) is 11.6 Å². The maximum atomic E-state index is 11.5. The molecule has 0 unspecified atom stereocenters. The zero-order valence-electron chi connectivity index (χ0n) is 9.28. The van der Waals surface area contributed by atoms with E-state index in [0.29, 0.717) is 12.1 Å². The molecule has 1 heterocycles. The van der Waals surface area contributed by atoms with Gasteiger partial charge in [-0.1, -0.05) is 0 Å². The Hall–Kier alpha value is -1.55. The second-order valence-electron chi connectivity index (χ2n) is 3.88. The Balaban J connectivity index is 2.07. The maximum Gasteiger partial charge on any atom is 0.239 e. The Morgan fingerprint density at radius 2 is 2.06 bits per heavy atom. The molecule has 0 saturated carbocycles. The lowest BCUT2D eigenvalue weighted by Gasteiger charge is -2.15. The van der Waals surface area contributed by atoms with Crippen molar-refractivity contribution < 1.29 is 9.59 Å². The minimum Gasteiger partial charge on any atom is -0.325 e. The lowest BCUT2D eigenvalue weighted by molar-refractivity contribution is -0.117. The largest absolute Gasteiger partial charge is 0.325 e. The van der Waals surface area contributed by atoms with Crippen LogP contribution < -0.4 is 10.2 Å². The molecular weight excluding hydrogens is 240 g/mol. The summed E-state index contributed by atoms with van der Waals surface area (Å²) in [5.41, 5.74) is 1.56. The number of benzene rings is 1. The van der Waals surface area contributed by atoms with Gasteiger partial charge < -0.3 is 10.2 Å². The SMILES string of the molecule is O=C(CCl)Nc1ccc(N2CCCC2=O)cc1. The van der Waals surface area contributed by atoms with Crippen LogP contribution in [0.4, 0.5) is 11.4 Å². The second-order valence-corrected chi connectivity index (χ2v) is 4.14. The van der Waals surface area contributed by atoms with Crippen molar-refractivity contribution in [3.8, 4) is 0 Å². The summed E-state index contributed by atoms with van der Waals surface area (Å²) >= 11 is 5.39. The number of anilines is 2. The van der Waals surface area contributed by atoms with Crippen LogP contribution in [-0.4, -0.2) is 24.2 Å². The Bertz CT molecular complexity index is 431. The van der Waals surface area contributed by atoms with Gasteiger partial charge in [0.15, 0.2) is 0 Å². The van der Waals surface area contributed by atoms with E-state index in [1.54, 1.807) is 17.0 Å². The Kier molecular flexibility index (Phi) is 3.64. The number of carbonyl (C=O) groups excluding carboxylic acids is 2. The van der Waals surface area contributed by atoms with Gasteiger partial charge in [-0.3, -0.25) is 9.59 Å². The van der Waals surface area contributed by atoms with Gasteiger partial charge in [0, 0.05) is 24.3 Å². The topological polar surface area (TPSA) is 49.4 Å². The summed E-state index contributed by atoms with van der Waals surface area (Å²) in [7, 11) is 0. The van der Waals surface area contributed by atoms with E-state index >= 15 is 0 Å². The highest BCUT2D eigenvalue weighted by Crippen LogP contribution is 2.22. The molecule has 1 aromatic rings. The third kappa shape index (κ3) is 2.77. The Labute approximate surface area is 105 Å². The normalized spacial score (nSPS) is 15.1. The molecule has 2 rings (SSSR count). The number of rotatable bonds is 3. The highest BCUT2D eigenvalue weighted by molar-refractivity contribution is 6.29. The van der Waals surface area contributed by atoms with Crippen LogP contribution in [0.5, 0.6) is 0 Å². The van der Waals surface area contributed by atoms with Crippen LogP contribution in [0.3, 0.4) is 0 Å². The minimum absolute atomic E-state index is 0.0631. The van der Waals surface area contributed by atoms with E-state index in [0.717, 1.165) is 18.7 Å². The quantitative estimate of drug-likeness (QED) is 0.837. The first kappa shape index (κ1) is 11.9. The van der Waals surface area contributed by atoms with Gasteiger partial charge in [0.1, 0.15) is 5.88 Å². The first-order valence-electron chi connectivity index (χ1n) is 5.47. The van der Waals surface area contributed by atoms with E-state index in [1.165, 1.54) is 0 Å². The van der Waals surface area contributed by atoms with Gasteiger partial charge in [0.05, 0.1) is 0 Å². The van der Waals surface area contributed by atoms with Crippen molar-refractivity contribution in [1.29, 1.82) is 0 Å². The third-order valence-corrected chi connectivity index (χ3v) is 2.90. The lowest BCUT2D eigenvalue weighted by Crippen LogP contribution is -2.23. The number of carbonyl (C=O) groups is 2. The van der Waals surface area contributed by atoms with Gasteiger partial charge in [-0.05, 0) is 30.7 Å². The Morgan fingerprint density at radius 1 is 1.35 bits per heavy atom. The van der Waals surface area contributed by atoms with Gasteiger partial charge in [0.25, 0.3) is 0 Å². The fraction of sp³-hybridized carbons (Fsp3) is 0.333. The van der Waals surface area contributed by atoms with E-state index in [-0.39, 0.29) is 17.7 Å². The van der Waals surface area contributed by atoms with Gasteiger partial charge in [-0.15, -0.1) is 11.6 Å². The number of alkyl halides is 1. The van der Waals surface area contributed by atoms with Crippen molar-refractivity contribution in [3.05, 3.63) is 24.3 Å². The number of nitrogens with zero attached hydrogens (tertiary/aromatic N) is 1. The number of hydrogen-bond donors (Lipinski definition) is 1. The van der Waals surface area contributed by atoms with E-state index < -0.39 is 0 Å². The predicted molar refractivity (Wildman–Crippen MR) is 67.4 cm³/mol. The van der Waals surface area contributed by atoms with Crippen molar-refractivity contribution in [2.24, 2.45) is 0 Å². The van der Waals surface area contributed by atoms with Crippen molar-refractivity contribution in [2.75, 3.05) is 22.6 Å². The van der Waals surface area contributed by atoms with Crippen LogP contribution in [0.1, 0.15) is 12.8 Å². The monoisotopic (exact) mass is 252 g/mol. The summed E-state index contributed by atoms with van der Waals surface area (Å²) in [4.78, 5) is 24.3. The lowest BCUT2D eigenvalue weighted by atomic mass is 10.2. The molecule has 1 fully saturated rings. The standard InChI is InChI=1S/C12H13ClN2O2/c13-8-11(16)14-9-3-5-10(6-4-9)15-7-1-2-12(15)17/h3-6H,1-2,7-8H2,(H,14,16). The molecule has 17 heavy (non-hydrogen) atoms. The Morgan fingerprint density at radius 3 is 2.59 bits per heavy atom. The van der Waals surface area contributed by atoms with Gasteiger partial charge in [0.2, 0.25) is 11.8 Å². The van der Waals surface area contributed by atoms with Gasteiger partial charge in [-0.25, -0.2) is 0 Å². The molecule has 0 atom stereocenters. The molecule has 0 bridgehead atoms. The number of nitrogens with one attached hydrogen (secondary N) is 1. The molecule has 1 aliphatic rings. The summed E-state index contributed by atoms with van der Waals surface area (Å²) < 4.78 is 0. The second kappa shape index (κ2) is 5.19. The minimum atomic E-state index is -0.239. The van der Waals surface area contributed by atoms with Crippen molar-refractivity contribution >= 4 is 34.8 Å². The number of halogens is 1. The molecule has 0 aliphatic carbocycles. The molecular formula is C12H13ClN2O2. The molecule has 0 aromatic heterocycles. The first-order chi connectivity index (χ1) is 8.20. The molecule has 2 amide bonds. The summed E-state index contributed by atoms with van der Waals surface area (Å²) in [6.45, 7) is 0.770. The summed E-state index contributed by atoms with van der Waals surface area (Å²) in [5, 5.41) is 2.65. The van der Waals surface area contributed by atoms with E-state index in [2.05, 4.69) is 5.32 Å². The van der Waals surface area contributed by atoms with Crippen LogP contribution in [0.25, 0.3) is 0 Å². The fourth-order valence-corrected chi connectivity index (χ4v) is 1.91. The van der Waals surface area contributed by atoms with Crippen LogP contribution in [-0.2, 0) is 9.59 Å². The summed E-state index contributed by atoms with van der Waals surface area (Å²) in [6.07, 6.45) is 1.52. The van der Waals surface area contributed by atoms with Crippen LogP contribution in [0.2, 0.25) is 0 Å². The van der Waals surface area contributed by atoms with E-state index in [1.807, 2.05) is 12.1 Å². The molecule has 90 valence electrons. The first-order valence-corrected chi connectivity index (χ1v) is 6.00. The number of hydrogen-bond acceptors (Lipinski definition) is 2. The molecule has 1 aromatic carbocycles. The molecule has 1 aliphatic heterocycles. The maximum absolute atomic E-state index is 11.5. The molecule has 4 nitrogen and oxygen atoms in total. The average molecular weight is 253 g/mol. The van der Waals surface area contributed by atoms with Crippen LogP contribution in [0, 0.1) is 0 Å². The fourth-order valence-electron chi connectivity index (χ4n) is 1.84. The van der Waals surface area contributed by atoms with Crippen molar-refractivity contribution in [3.63, 3.8) is 0 Å². The molecule has 0 radical (unpaired) electrons. The molecule has 0 spiro atoms. The highest BCUT2D eigenvalue weighted by Gasteiger charge is 2.21. The summed E-state index contributed by atoms with van der Waals surface area (Å²) in [6, 6.07) is 7.19. The average Bonchev–Trinajstić information content (AvgIpc) is 2.76. The predicted octanol–water partition coefficient (Wildman–Crippen LogP) is 1.99. The summed E-state index contributed by atoms with van der Waals surface area (Å²) in [5.74, 6) is -0.147. The van der Waals surface area contributed by atoms with Crippen molar-refractivity contribution in [2.45, 2.75) is 12.8 Å². The van der Waals surface area contributed by atoms with Crippen LogP contribution in [0.15, 0.2) is 24.3 Å². The van der Waals surface area contributed by atoms with E-state index in [9.17, 15) is 9.59 Å². The van der Waals surface area contributed by atoms with Gasteiger partial charge >= 0.3 is 0 Å². The zero-order valence-corrected chi connectivity index (χ0v) is 10.0.